The van der Waals surface area contributed by atoms with Gasteiger partial charge in [-0.25, -0.2) is 21.9 Å². The van der Waals surface area contributed by atoms with Crippen LogP contribution in [-0.2, 0) is 21.4 Å². The van der Waals surface area contributed by atoms with Crippen LogP contribution in [0.25, 0.3) is 0 Å². The van der Waals surface area contributed by atoms with Gasteiger partial charge >= 0.3 is 0 Å². The van der Waals surface area contributed by atoms with Crippen molar-refractivity contribution in [3.63, 3.8) is 0 Å². The van der Waals surface area contributed by atoms with Crippen LogP contribution in [0.1, 0.15) is 13.3 Å². The van der Waals surface area contributed by atoms with Crippen molar-refractivity contribution in [1.29, 1.82) is 0 Å². The number of aromatic nitrogens is 2. The van der Waals surface area contributed by atoms with Gasteiger partial charge in [0.25, 0.3) is 16.4 Å². The standard InChI is InChI=1S/C8H11F2N3O3S/c1-2-8(14)12-17(15,16)6-3-11-13(4-6)5-7(9)10/h3-4,7H,2,5H2,1H3,(H,12,14). The van der Waals surface area contributed by atoms with Gasteiger partial charge < -0.3 is 0 Å². The average molecular weight is 267 g/mol. The molecule has 0 unspecified atom stereocenters. The molecule has 0 atom stereocenters. The molecular weight excluding hydrogens is 256 g/mol. The van der Waals surface area contributed by atoms with Crippen molar-refractivity contribution in [2.45, 2.75) is 31.2 Å². The summed E-state index contributed by atoms with van der Waals surface area (Å²) in [5, 5.41) is 3.46. The first kappa shape index (κ1) is 13.6. The van der Waals surface area contributed by atoms with E-state index in [2.05, 4.69) is 5.10 Å². The van der Waals surface area contributed by atoms with Crippen molar-refractivity contribution in [3.05, 3.63) is 12.4 Å². The lowest BCUT2D eigenvalue weighted by Crippen LogP contribution is -2.29. The maximum atomic E-state index is 12.0. The molecular formula is C8H11F2N3O3S. The number of nitrogens with zero attached hydrogens (tertiary/aromatic N) is 2. The summed E-state index contributed by atoms with van der Waals surface area (Å²) in [5.74, 6) is -0.674. The summed E-state index contributed by atoms with van der Waals surface area (Å²) in [6.07, 6.45) is -0.772. The van der Waals surface area contributed by atoms with Crippen LogP contribution in [0, 0.1) is 0 Å². The summed E-state index contributed by atoms with van der Waals surface area (Å²) < 4.78 is 49.7. The van der Waals surface area contributed by atoms with E-state index in [4.69, 9.17) is 0 Å². The minimum atomic E-state index is -4.01. The Morgan fingerprint density at radius 1 is 1.59 bits per heavy atom. The fourth-order valence-corrected chi connectivity index (χ4v) is 2.01. The third kappa shape index (κ3) is 3.77. The molecule has 9 heteroatoms. The van der Waals surface area contributed by atoms with E-state index < -0.39 is 28.9 Å². The third-order valence-electron chi connectivity index (χ3n) is 1.81. The predicted octanol–water partition coefficient (Wildman–Crippen LogP) is 0.363. The van der Waals surface area contributed by atoms with Crippen LogP contribution < -0.4 is 4.72 Å². The summed E-state index contributed by atoms with van der Waals surface area (Å²) in [6, 6.07) is 0. The number of carbonyl (C=O) groups is 1. The first-order chi connectivity index (χ1) is 7.85. The fraction of sp³-hybridized carbons (Fsp3) is 0.500. The van der Waals surface area contributed by atoms with Gasteiger partial charge in [-0.15, -0.1) is 0 Å². The molecule has 0 aliphatic heterocycles. The summed E-state index contributed by atoms with van der Waals surface area (Å²) in [4.78, 5) is 10.6. The largest absolute Gasteiger partial charge is 0.274 e. The number of alkyl halides is 2. The van der Waals surface area contributed by atoms with E-state index in [1.165, 1.54) is 6.92 Å². The zero-order valence-electron chi connectivity index (χ0n) is 8.93. The molecule has 0 saturated heterocycles. The summed E-state index contributed by atoms with van der Waals surface area (Å²) >= 11 is 0. The van der Waals surface area contributed by atoms with Gasteiger partial charge in [0.05, 0.1) is 6.20 Å². The van der Waals surface area contributed by atoms with E-state index in [9.17, 15) is 22.0 Å². The molecule has 0 aromatic carbocycles. The van der Waals surface area contributed by atoms with Gasteiger partial charge in [-0.2, -0.15) is 5.10 Å². The Kier molecular flexibility index (Phi) is 4.16. The zero-order valence-corrected chi connectivity index (χ0v) is 9.75. The van der Waals surface area contributed by atoms with Crippen LogP contribution in [0.5, 0.6) is 0 Å². The Labute approximate surface area is 96.7 Å². The lowest BCUT2D eigenvalue weighted by Gasteiger charge is -2.02. The molecule has 0 bridgehead atoms. The molecule has 0 radical (unpaired) electrons. The number of hydrogen-bond donors (Lipinski definition) is 1. The molecule has 1 aromatic rings. The van der Waals surface area contributed by atoms with Gasteiger partial charge in [0, 0.05) is 12.6 Å². The Morgan fingerprint density at radius 2 is 2.24 bits per heavy atom. The lowest BCUT2D eigenvalue weighted by molar-refractivity contribution is -0.119. The van der Waals surface area contributed by atoms with Gasteiger partial charge in [-0.3, -0.25) is 9.48 Å². The highest BCUT2D eigenvalue weighted by Gasteiger charge is 2.19. The maximum absolute atomic E-state index is 12.0. The molecule has 1 rings (SSSR count). The first-order valence-electron chi connectivity index (χ1n) is 4.71. The topological polar surface area (TPSA) is 81.1 Å². The Hall–Kier alpha value is -1.51. The fourth-order valence-electron chi connectivity index (χ4n) is 1.01. The number of rotatable bonds is 5. The van der Waals surface area contributed by atoms with E-state index in [1.807, 2.05) is 0 Å². The Bertz CT molecular complexity index is 498. The molecule has 17 heavy (non-hydrogen) atoms. The van der Waals surface area contributed by atoms with E-state index in [-0.39, 0.29) is 11.3 Å². The molecule has 0 aliphatic rings. The molecule has 1 amide bonds. The predicted molar refractivity (Wildman–Crippen MR) is 53.9 cm³/mol. The molecule has 0 spiro atoms. The second-order valence-corrected chi connectivity index (χ2v) is 4.85. The van der Waals surface area contributed by atoms with Crippen LogP contribution in [0.15, 0.2) is 17.3 Å². The summed E-state index contributed by atoms with van der Waals surface area (Å²) in [7, 11) is -4.01. The van der Waals surface area contributed by atoms with Crippen LogP contribution in [0.4, 0.5) is 8.78 Å². The molecule has 1 N–H and O–H groups in total. The average Bonchev–Trinajstić information content (AvgIpc) is 2.65. The number of sulfonamides is 1. The SMILES string of the molecule is CCC(=O)NS(=O)(=O)c1cnn(CC(F)F)c1. The number of nitrogens with one attached hydrogen (secondary N) is 1. The molecule has 6 nitrogen and oxygen atoms in total. The van der Waals surface area contributed by atoms with Gasteiger partial charge in [0.2, 0.25) is 5.91 Å². The van der Waals surface area contributed by atoms with Crippen molar-refractivity contribution in [2.24, 2.45) is 0 Å². The van der Waals surface area contributed by atoms with E-state index in [0.29, 0.717) is 0 Å². The Morgan fingerprint density at radius 3 is 2.76 bits per heavy atom. The van der Waals surface area contributed by atoms with Crippen LogP contribution in [0.2, 0.25) is 0 Å². The second-order valence-electron chi connectivity index (χ2n) is 3.17. The molecule has 96 valence electrons. The second kappa shape index (κ2) is 5.21. The minimum absolute atomic E-state index is 0.00437. The first-order valence-corrected chi connectivity index (χ1v) is 6.19. The van der Waals surface area contributed by atoms with Gasteiger partial charge in [0.15, 0.2) is 0 Å². The third-order valence-corrected chi connectivity index (χ3v) is 3.14. The molecule has 0 saturated carbocycles. The van der Waals surface area contributed by atoms with Crippen molar-refractivity contribution in [2.75, 3.05) is 0 Å². The van der Waals surface area contributed by atoms with Gasteiger partial charge in [-0.05, 0) is 0 Å². The minimum Gasteiger partial charge on any atom is -0.274 e. The smallest absolute Gasteiger partial charge is 0.267 e. The van der Waals surface area contributed by atoms with Crippen molar-refractivity contribution >= 4 is 15.9 Å². The van der Waals surface area contributed by atoms with Crippen molar-refractivity contribution in [1.82, 2.24) is 14.5 Å². The number of carbonyl (C=O) groups excluding carboxylic acids is 1. The van der Waals surface area contributed by atoms with Crippen LogP contribution in [0.3, 0.4) is 0 Å². The van der Waals surface area contributed by atoms with E-state index in [0.717, 1.165) is 17.1 Å². The van der Waals surface area contributed by atoms with Crippen molar-refractivity contribution < 1.29 is 22.0 Å². The monoisotopic (exact) mass is 267 g/mol. The highest BCUT2D eigenvalue weighted by molar-refractivity contribution is 7.90. The van der Waals surface area contributed by atoms with Crippen LogP contribution in [-0.4, -0.2) is 30.5 Å². The quantitative estimate of drug-likeness (QED) is 0.835. The highest BCUT2D eigenvalue weighted by atomic mass is 32.2. The molecule has 1 aromatic heterocycles. The maximum Gasteiger partial charge on any atom is 0.267 e. The van der Waals surface area contributed by atoms with Gasteiger partial charge in [-0.1, -0.05) is 6.92 Å². The molecule has 1 heterocycles. The lowest BCUT2D eigenvalue weighted by atomic mass is 10.5. The van der Waals surface area contributed by atoms with E-state index >= 15 is 0 Å². The van der Waals surface area contributed by atoms with Gasteiger partial charge in [0.1, 0.15) is 11.4 Å². The number of hydrogen-bond acceptors (Lipinski definition) is 4. The number of halogens is 2. The Balaban J connectivity index is 2.85. The zero-order chi connectivity index (χ0) is 13.1. The highest BCUT2D eigenvalue weighted by Crippen LogP contribution is 2.08. The molecule has 0 aliphatic carbocycles. The number of amides is 1. The summed E-state index contributed by atoms with van der Waals surface area (Å²) in [5.41, 5.74) is 0. The van der Waals surface area contributed by atoms with E-state index in [1.54, 1.807) is 4.72 Å². The summed E-state index contributed by atoms with van der Waals surface area (Å²) in [6.45, 7) is 0.794. The molecule has 0 fully saturated rings. The van der Waals surface area contributed by atoms with Crippen LogP contribution >= 0.6 is 0 Å². The normalized spacial score (nSPS) is 11.8. The van der Waals surface area contributed by atoms with Crippen molar-refractivity contribution in [3.8, 4) is 0 Å².